The molecule has 0 heterocycles. The molecule has 0 aliphatic heterocycles. The average molecular weight is 182 g/mol. The second-order valence-electron chi connectivity index (χ2n) is 4.17. The van der Waals surface area contributed by atoms with E-state index in [1.54, 1.807) is 11.1 Å². The molecule has 70 valence electrons. The van der Waals surface area contributed by atoms with E-state index < -0.39 is 0 Å². The van der Waals surface area contributed by atoms with Crippen molar-refractivity contribution in [3.63, 3.8) is 0 Å². The Balaban J connectivity index is 2.38. The minimum atomic E-state index is 0.760. The zero-order valence-electron chi connectivity index (χ0n) is 8.46. The molecule has 1 atom stereocenters. The molecule has 0 N–H and O–H groups in total. The van der Waals surface area contributed by atoms with Crippen LogP contribution in [0.15, 0.2) is 36.4 Å². The van der Waals surface area contributed by atoms with Crippen molar-refractivity contribution >= 4 is 10.8 Å². The van der Waals surface area contributed by atoms with E-state index in [2.05, 4.69) is 43.3 Å². The van der Waals surface area contributed by atoms with Crippen LogP contribution in [0, 0.1) is 0 Å². The van der Waals surface area contributed by atoms with Gasteiger partial charge in [0, 0.05) is 0 Å². The molecule has 14 heavy (non-hydrogen) atoms. The van der Waals surface area contributed by atoms with Gasteiger partial charge in [0.2, 0.25) is 0 Å². The molecule has 0 heteroatoms. The lowest BCUT2D eigenvalue weighted by Crippen LogP contribution is -1.92. The van der Waals surface area contributed by atoms with E-state index in [1.807, 2.05) is 0 Å². The summed E-state index contributed by atoms with van der Waals surface area (Å²) in [7, 11) is 0. The third kappa shape index (κ3) is 0.942. The summed E-state index contributed by atoms with van der Waals surface area (Å²) in [6.45, 7) is 2.29. The minimum absolute atomic E-state index is 0.760. The molecule has 0 fully saturated rings. The van der Waals surface area contributed by atoms with Crippen molar-refractivity contribution in [2.75, 3.05) is 0 Å². The first-order valence-corrected chi connectivity index (χ1v) is 5.40. The quantitative estimate of drug-likeness (QED) is 0.627. The fraction of sp³-hybridized carbons (Fsp3) is 0.286. The van der Waals surface area contributed by atoms with Crippen molar-refractivity contribution in [2.45, 2.75) is 25.7 Å². The Morgan fingerprint density at radius 1 is 1.14 bits per heavy atom. The van der Waals surface area contributed by atoms with Gasteiger partial charge in [0.05, 0.1) is 0 Å². The molecule has 0 radical (unpaired) electrons. The standard InChI is InChI=1S/C14H14/c1-2-10-9-12-7-3-5-11-6-4-8-13(10)14(11)12/h3-8,10H,2,9H2,1H3. The van der Waals surface area contributed by atoms with E-state index in [-0.39, 0.29) is 0 Å². The first-order chi connectivity index (χ1) is 6.90. The molecule has 1 unspecified atom stereocenters. The van der Waals surface area contributed by atoms with E-state index in [0.717, 1.165) is 5.92 Å². The largest absolute Gasteiger partial charge is 0.0648 e. The van der Waals surface area contributed by atoms with Gasteiger partial charge in [0.25, 0.3) is 0 Å². The third-order valence-corrected chi connectivity index (χ3v) is 3.42. The number of hydrogen-bond acceptors (Lipinski definition) is 0. The molecule has 2 aromatic carbocycles. The van der Waals surface area contributed by atoms with Gasteiger partial charge in [-0.1, -0.05) is 43.3 Å². The summed E-state index contributed by atoms with van der Waals surface area (Å²) in [6.07, 6.45) is 2.50. The zero-order chi connectivity index (χ0) is 9.54. The van der Waals surface area contributed by atoms with Crippen LogP contribution in [0.3, 0.4) is 0 Å². The molecule has 0 saturated carbocycles. The lowest BCUT2D eigenvalue weighted by molar-refractivity contribution is 0.687. The van der Waals surface area contributed by atoms with Gasteiger partial charge in [-0.25, -0.2) is 0 Å². The first kappa shape index (κ1) is 8.05. The van der Waals surface area contributed by atoms with Crippen molar-refractivity contribution in [3.05, 3.63) is 47.5 Å². The van der Waals surface area contributed by atoms with Gasteiger partial charge in [-0.15, -0.1) is 0 Å². The lowest BCUT2D eigenvalue weighted by Gasteiger charge is -2.06. The van der Waals surface area contributed by atoms with Gasteiger partial charge in [-0.2, -0.15) is 0 Å². The lowest BCUT2D eigenvalue weighted by atomic mass is 9.98. The Kier molecular flexibility index (Phi) is 1.63. The summed E-state index contributed by atoms with van der Waals surface area (Å²) in [6, 6.07) is 13.4. The molecular formula is C14H14. The Morgan fingerprint density at radius 2 is 1.93 bits per heavy atom. The number of rotatable bonds is 1. The first-order valence-electron chi connectivity index (χ1n) is 5.40. The number of hydrogen-bond donors (Lipinski definition) is 0. The topological polar surface area (TPSA) is 0 Å². The normalized spacial score (nSPS) is 19.1. The van der Waals surface area contributed by atoms with Gasteiger partial charge in [0.15, 0.2) is 0 Å². The number of benzene rings is 2. The Hall–Kier alpha value is -1.30. The van der Waals surface area contributed by atoms with Gasteiger partial charge >= 0.3 is 0 Å². The molecule has 3 rings (SSSR count). The van der Waals surface area contributed by atoms with E-state index in [9.17, 15) is 0 Å². The highest BCUT2D eigenvalue weighted by Crippen LogP contribution is 2.39. The van der Waals surface area contributed by atoms with Crippen molar-refractivity contribution in [1.29, 1.82) is 0 Å². The van der Waals surface area contributed by atoms with Crippen LogP contribution in [0.4, 0.5) is 0 Å². The summed E-state index contributed by atoms with van der Waals surface area (Å²) in [5, 5.41) is 2.94. The predicted molar refractivity (Wildman–Crippen MR) is 60.7 cm³/mol. The highest BCUT2D eigenvalue weighted by molar-refractivity contribution is 5.91. The van der Waals surface area contributed by atoms with Gasteiger partial charge in [-0.05, 0) is 40.7 Å². The van der Waals surface area contributed by atoms with Crippen LogP contribution in [-0.2, 0) is 6.42 Å². The molecule has 0 amide bonds. The smallest absolute Gasteiger partial charge is 0.0117 e. The van der Waals surface area contributed by atoms with Crippen molar-refractivity contribution in [3.8, 4) is 0 Å². The van der Waals surface area contributed by atoms with Crippen LogP contribution in [0.2, 0.25) is 0 Å². The highest BCUT2D eigenvalue weighted by atomic mass is 14.3. The van der Waals surface area contributed by atoms with Crippen LogP contribution >= 0.6 is 0 Å². The van der Waals surface area contributed by atoms with Crippen LogP contribution in [-0.4, -0.2) is 0 Å². The van der Waals surface area contributed by atoms with E-state index in [0.29, 0.717) is 0 Å². The Bertz CT molecular complexity index is 477. The molecule has 0 saturated heterocycles. The molecule has 0 spiro atoms. The molecule has 0 bridgehead atoms. The van der Waals surface area contributed by atoms with Gasteiger partial charge in [0.1, 0.15) is 0 Å². The minimum Gasteiger partial charge on any atom is -0.0648 e. The summed E-state index contributed by atoms with van der Waals surface area (Å²) >= 11 is 0. The summed E-state index contributed by atoms with van der Waals surface area (Å²) in [5.41, 5.74) is 3.12. The van der Waals surface area contributed by atoms with Crippen molar-refractivity contribution in [2.24, 2.45) is 0 Å². The summed E-state index contributed by atoms with van der Waals surface area (Å²) in [4.78, 5) is 0. The second-order valence-corrected chi connectivity index (χ2v) is 4.17. The molecule has 1 aliphatic carbocycles. The van der Waals surface area contributed by atoms with Gasteiger partial charge < -0.3 is 0 Å². The van der Waals surface area contributed by atoms with E-state index in [4.69, 9.17) is 0 Å². The van der Waals surface area contributed by atoms with Crippen molar-refractivity contribution < 1.29 is 0 Å². The predicted octanol–water partition coefficient (Wildman–Crippen LogP) is 3.89. The maximum absolute atomic E-state index is 2.30. The van der Waals surface area contributed by atoms with Crippen LogP contribution in [0.5, 0.6) is 0 Å². The average Bonchev–Trinajstić information content (AvgIpc) is 2.60. The molecule has 1 aliphatic rings. The third-order valence-electron chi connectivity index (χ3n) is 3.42. The highest BCUT2D eigenvalue weighted by Gasteiger charge is 2.21. The fourth-order valence-electron chi connectivity index (χ4n) is 2.70. The Labute approximate surface area is 84.6 Å². The maximum Gasteiger partial charge on any atom is -0.0117 e. The zero-order valence-corrected chi connectivity index (χ0v) is 8.46. The van der Waals surface area contributed by atoms with Crippen LogP contribution in [0.1, 0.15) is 30.4 Å². The summed E-state index contributed by atoms with van der Waals surface area (Å²) in [5.74, 6) is 0.760. The molecule has 0 aromatic heterocycles. The maximum atomic E-state index is 2.30. The second kappa shape index (κ2) is 2.84. The Morgan fingerprint density at radius 3 is 2.71 bits per heavy atom. The van der Waals surface area contributed by atoms with Crippen LogP contribution < -0.4 is 0 Å². The van der Waals surface area contributed by atoms with Crippen LogP contribution in [0.25, 0.3) is 10.8 Å². The van der Waals surface area contributed by atoms with Crippen molar-refractivity contribution in [1.82, 2.24) is 0 Å². The SMILES string of the molecule is CCC1Cc2cccc3cccc1c23. The molecule has 0 nitrogen and oxygen atoms in total. The molecular weight excluding hydrogens is 168 g/mol. The fourth-order valence-corrected chi connectivity index (χ4v) is 2.70. The van der Waals surface area contributed by atoms with Gasteiger partial charge in [-0.3, -0.25) is 0 Å². The van der Waals surface area contributed by atoms with E-state index >= 15 is 0 Å². The molecule has 2 aromatic rings. The monoisotopic (exact) mass is 182 g/mol. The van der Waals surface area contributed by atoms with E-state index in [1.165, 1.54) is 23.6 Å². The summed E-state index contributed by atoms with van der Waals surface area (Å²) < 4.78 is 0.